The normalized spacial score (nSPS) is 17.3. The number of hydrogen-bond donors (Lipinski definition) is 0. The molecule has 0 N–H and O–H groups in total. The van der Waals surface area contributed by atoms with Gasteiger partial charge in [-0.15, -0.1) is 6.58 Å². The first-order valence-corrected chi connectivity index (χ1v) is 4.64. The highest BCUT2D eigenvalue weighted by atomic mass is 15.1. The Morgan fingerprint density at radius 2 is 1.82 bits per heavy atom. The van der Waals surface area contributed by atoms with Gasteiger partial charge in [-0.3, -0.25) is 0 Å². The molecule has 0 aromatic rings. The lowest BCUT2D eigenvalue weighted by atomic mass is 10.4. The van der Waals surface area contributed by atoms with E-state index < -0.39 is 0 Å². The van der Waals surface area contributed by atoms with Gasteiger partial charge in [0, 0.05) is 0 Å². The second-order valence-electron chi connectivity index (χ2n) is 2.96. The molecule has 0 radical (unpaired) electrons. The van der Waals surface area contributed by atoms with E-state index >= 15 is 0 Å². The standard InChI is InChI=1S/C7H15N.C3H6/c1-2-5-8-6-3-4-7-8;1-3-2/h2-7H2,1H3;3H,1H2,2H3. The van der Waals surface area contributed by atoms with Gasteiger partial charge in [-0.1, -0.05) is 13.0 Å². The molecule has 1 aliphatic heterocycles. The summed E-state index contributed by atoms with van der Waals surface area (Å²) in [6, 6.07) is 0. The Balaban J connectivity index is 0.000000292. The van der Waals surface area contributed by atoms with Crippen LogP contribution in [0.15, 0.2) is 12.7 Å². The molecule has 0 bridgehead atoms. The van der Waals surface area contributed by atoms with Gasteiger partial charge in [-0.05, 0) is 45.8 Å². The zero-order valence-electron chi connectivity index (χ0n) is 7.97. The molecule has 0 saturated carbocycles. The van der Waals surface area contributed by atoms with Gasteiger partial charge >= 0.3 is 0 Å². The van der Waals surface area contributed by atoms with Crippen molar-refractivity contribution in [2.75, 3.05) is 19.6 Å². The highest BCUT2D eigenvalue weighted by molar-refractivity contribution is 4.64. The molecule has 1 rings (SSSR count). The van der Waals surface area contributed by atoms with E-state index in [9.17, 15) is 0 Å². The summed E-state index contributed by atoms with van der Waals surface area (Å²) in [5.74, 6) is 0. The molecule has 11 heavy (non-hydrogen) atoms. The molecule has 0 aliphatic carbocycles. The van der Waals surface area contributed by atoms with Crippen LogP contribution in [0.3, 0.4) is 0 Å². The van der Waals surface area contributed by atoms with Crippen molar-refractivity contribution >= 4 is 0 Å². The van der Waals surface area contributed by atoms with Crippen LogP contribution in [0.2, 0.25) is 0 Å². The Labute approximate surface area is 71.1 Å². The Morgan fingerprint density at radius 3 is 2.18 bits per heavy atom. The Bertz CT molecular complexity index is 82.9. The van der Waals surface area contributed by atoms with Gasteiger partial charge in [0.1, 0.15) is 0 Å². The van der Waals surface area contributed by atoms with E-state index in [0.29, 0.717) is 0 Å². The number of rotatable bonds is 2. The SMILES string of the molecule is C=CC.CCCN1CCCC1. The fraction of sp³-hybridized carbons (Fsp3) is 0.800. The summed E-state index contributed by atoms with van der Waals surface area (Å²) < 4.78 is 0. The molecule has 1 nitrogen and oxygen atoms in total. The maximum absolute atomic E-state index is 3.36. The van der Waals surface area contributed by atoms with Gasteiger partial charge in [-0.25, -0.2) is 0 Å². The van der Waals surface area contributed by atoms with Gasteiger partial charge < -0.3 is 4.90 Å². The minimum atomic E-state index is 1.32. The predicted molar refractivity (Wildman–Crippen MR) is 51.8 cm³/mol. The molecule has 0 spiro atoms. The van der Waals surface area contributed by atoms with Crippen molar-refractivity contribution in [3.8, 4) is 0 Å². The first kappa shape index (κ1) is 10.7. The molecular weight excluding hydrogens is 134 g/mol. The van der Waals surface area contributed by atoms with Crippen LogP contribution in [0.25, 0.3) is 0 Å². The Kier molecular flexibility index (Phi) is 7.59. The topological polar surface area (TPSA) is 3.24 Å². The van der Waals surface area contributed by atoms with Gasteiger partial charge in [0.15, 0.2) is 0 Å². The zero-order chi connectivity index (χ0) is 8.53. The van der Waals surface area contributed by atoms with Crippen molar-refractivity contribution in [2.45, 2.75) is 33.1 Å². The minimum Gasteiger partial charge on any atom is -0.303 e. The monoisotopic (exact) mass is 155 g/mol. The van der Waals surface area contributed by atoms with Crippen molar-refractivity contribution in [3.63, 3.8) is 0 Å². The molecule has 1 aliphatic rings. The smallest absolute Gasteiger partial charge is 0.00183 e. The van der Waals surface area contributed by atoms with Crippen LogP contribution in [0.5, 0.6) is 0 Å². The molecule has 0 atom stereocenters. The third-order valence-electron chi connectivity index (χ3n) is 1.74. The average Bonchev–Trinajstić information content (AvgIpc) is 2.42. The zero-order valence-corrected chi connectivity index (χ0v) is 7.97. The van der Waals surface area contributed by atoms with Crippen LogP contribution in [0.1, 0.15) is 33.1 Å². The van der Waals surface area contributed by atoms with Crippen LogP contribution in [-0.4, -0.2) is 24.5 Å². The van der Waals surface area contributed by atoms with Crippen molar-refractivity contribution in [1.29, 1.82) is 0 Å². The van der Waals surface area contributed by atoms with E-state index in [1.807, 2.05) is 6.92 Å². The van der Waals surface area contributed by atoms with Gasteiger partial charge in [-0.2, -0.15) is 0 Å². The average molecular weight is 155 g/mol. The number of allylic oxidation sites excluding steroid dienone is 1. The van der Waals surface area contributed by atoms with Crippen molar-refractivity contribution in [3.05, 3.63) is 12.7 Å². The van der Waals surface area contributed by atoms with Gasteiger partial charge in [0.05, 0.1) is 0 Å². The summed E-state index contributed by atoms with van der Waals surface area (Å²) in [7, 11) is 0. The number of nitrogens with zero attached hydrogens (tertiary/aromatic N) is 1. The highest BCUT2D eigenvalue weighted by Crippen LogP contribution is 2.06. The van der Waals surface area contributed by atoms with Crippen molar-refractivity contribution in [2.24, 2.45) is 0 Å². The summed E-state index contributed by atoms with van der Waals surface area (Å²) in [6.45, 7) is 11.5. The lowest BCUT2D eigenvalue weighted by Gasteiger charge is -2.11. The first-order valence-electron chi connectivity index (χ1n) is 4.64. The molecule has 1 saturated heterocycles. The molecule has 0 aromatic heterocycles. The maximum Gasteiger partial charge on any atom is -0.00183 e. The van der Waals surface area contributed by atoms with E-state index in [0.717, 1.165) is 0 Å². The summed E-state index contributed by atoms with van der Waals surface area (Å²) in [5.41, 5.74) is 0. The van der Waals surface area contributed by atoms with E-state index in [-0.39, 0.29) is 0 Å². The third-order valence-corrected chi connectivity index (χ3v) is 1.74. The molecule has 0 aromatic carbocycles. The predicted octanol–water partition coefficient (Wildman–Crippen LogP) is 2.68. The van der Waals surface area contributed by atoms with E-state index in [2.05, 4.69) is 18.4 Å². The molecular formula is C10H21N. The van der Waals surface area contributed by atoms with E-state index in [1.165, 1.54) is 38.9 Å². The Hall–Kier alpha value is -0.300. The summed E-state index contributed by atoms with van der Waals surface area (Å²) >= 11 is 0. The van der Waals surface area contributed by atoms with Crippen molar-refractivity contribution in [1.82, 2.24) is 4.90 Å². The second kappa shape index (κ2) is 7.80. The van der Waals surface area contributed by atoms with Gasteiger partial charge in [0.25, 0.3) is 0 Å². The quantitative estimate of drug-likeness (QED) is 0.554. The molecule has 0 unspecified atom stereocenters. The molecule has 66 valence electrons. The van der Waals surface area contributed by atoms with E-state index in [1.54, 1.807) is 6.08 Å². The minimum absolute atomic E-state index is 1.32. The number of likely N-dealkylation sites (tertiary alicyclic amines) is 1. The van der Waals surface area contributed by atoms with Crippen LogP contribution in [0.4, 0.5) is 0 Å². The first-order chi connectivity index (χ1) is 5.35. The lowest BCUT2D eigenvalue weighted by molar-refractivity contribution is 0.339. The Morgan fingerprint density at radius 1 is 1.36 bits per heavy atom. The fourth-order valence-electron chi connectivity index (χ4n) is 1.32. The lowest BCUT2D eigenvalue weighted by Crippen LogP contribution is -2.19. The molecule has 1 heteroatoms. The summed E-state index contributed by atoms with van der Waals surface area (Å²) in [6.07, 6.45) is 5.93. The van der Waals surface area contributed by atoms with Crippen LogP contribution < -0.4 is 0 Å². The van der Waals surface area contributed by atoms with E-state index in [4.69, 9.17) is 0 Å². The summed E-state index contributed by atoms with van der Waals surface area (Å²) in [4.78, 5) is 2.54. The van der Waals surface area contributed by atoms with Crippen molar-refractivity contribution < 1.29 is 0 Å². The highest BCUT2D eigenvalue weighted by Gasteiger charge is 2.08. The fourth-order valence-corrected chi connectivity index (χ4v) is 1.32. The molecule has 1 heterocycles. The largest absolute Gasteiger partial charge is 0.303 e. The van der Waals surface area contributed by atoms with Crippen LogP contribution in [0, 0.1) is 0 Å². The molecule has 1 fully saturated rings. The van der Waals surface area contributed by atoms with Gasteiger partial charge in [0.2, 0.25) is 0 Å². The third kappa shape index (κ3) is 6.11. The van der Waals surface area contributed by atoms with Crippen LogP contribution >= 0.6 is 0 Å². The summed E-state index contributed by atoms with van der Waals surface area (Å²) in [5, 5.41) is 0. The maximum atomic E-state index is 3.36. The number of hydrogen-bond acceptors (Lipinski definition) is 1. The van der Waals surface area contributed by atoms with Crippen LogP contribution in [-0.2, 0) is 0 Å². The second-order valence-corrected chi connectivity index (χ2v) is 2.96. The molecule has 0 amide bonds.